The van der Waals surface area contributed by atoms with E-state index in [1.165, 1.54) is 121 Å². The minimum Gasteiger partial charge on any atom is -0.356 e. The third-order valence-corrected chi connectivity index (χ3v) is 7.06. The minimum atomic E-state index is 0.534. The molecule has 1 unspecified atom stereocenters. The maximum Gasteiger partial charge on any atom is 0.101 e. The standard InChI is InChI=1S/C30H52N2/c1-3-5-6-7-8-9-10-11-12-13-14-15-16-17-18-22-25-31-26-27-32(30(31)4-2)28-29-23-20-19-21-24-29/h19-21,23-24,26-27,30H,3-18,22,25,28H2,1-2H3. The molecule has 0 amide bonds. The van der Waals surface area contributed by atoms with E-state index in [-0.39, 0.29) is 0 Å². The fourth-order valence-electron chi connectivity index (χ4n) is 5.05. The molecule has 0 saturated heterocycles. The van der Waals surface area contributed by atoms with Gasteiger partial charge in [-0.3, -0.25) is 0 Å². The van der Waals surface area contributed by atoms with E-state index in [9.17, 15) is 0 Å². The summed E-state index contributed by atoms with van der Waals surface area (Å²) >= 11 is 0. The second-order valence-electron chi connectivity index (χ2n) is 9.89. The zero-order valence-corrected chi connectivity index (χ0v) is 21.4. The van der Waals surface area contributed by atoms with Crippen molar-refractivity contribution >= 4 is 0 Å². The Morgan fingerprint density at radius 1 is 0.562 bits per heavy atom. The zero-order chi connectivity index (χ0) is 22.7. The molecule has 0 bridgehead atoms. The van der Waals surface area contributed by atoms with Crippen molar-refractivity contribution in [3.8, 4) is 0 Å². The van der Waals surface area contributed by atoms with Gasteiger partial charge < -0.3 is 9.80 Å². The molecule has 0 aromatic heterocycles. The monoisotopic (exact) mass is 440 g/mol. The van der Waals surface area contributed by atoms with Crippen molar-refractivity contribution < 1.29 is 0 Å². The van der Waals surface area contributed by atoms with Crippen LogP contribution in [0.2, 0.25) is 0 Å². The van der Waals surface area contributed by atoms with Gasteiger partial charge in [-0.25, -0.2) is 0 Å². The summed E-state index contributed by atoms with van der Waals surface area (Å²) in [6, 6.07) is 10.9. The van der Waals surface area contributed by atoms with Crippen molar-refractivity contribution in [3.63, 3.8) is 0 Å². The molecule has 0 N–H and O–H groups in total. The highest BCUT2D eigenvalue weighted by Crippen LogP contribution is 2.22. The van der Waals surface area contributed by atoms with Gasteiger partial charge in [0.15, 0.2) is 0 Å². The van der Waals surface area contributed by atoms with Crippen LogP contribution in [0.15, 0.2) is 42.7 Å². The highest BCUT2D eigenvalue weighted by Gasteiger charge is 2.23. The molecule has 32 heavy (non-hydrogen) atoms. The van der Waals surface area contributed by atoms with Gasteiger partial charge in [0.2, 0.25) is 0 Å². The molecule has 0 aliphatic carbocycles. The molecule has 1 aliphatic heterocycles. The molecule has 1 aliphatic rings. The van der Waals surface area contributed by atoms with Crippen molar-refractivity contribution in [2.45, 2.75) is 136 Å². The van der Waals surface area contributed by atoms with Crippen LogP contribution < -0.4 is 0 Å². The van der Waals surface area contributed by atoms with E-state index in [1.54, 1.807) is 0 Å². The fraction of sp³-hybridized carbons (Fsp3) is 0.733. The highest BCUT2D eigenvalue weighted by molar-refractivity contribution is 5.15. The molecule has 0 radical (unpaired) electrons. The SMILES string of the molecule is CCCCCCCCCCCCCCCCCCN1C=CN(Cc2ccccc2)C1CC. The average Bonchev–Trinajstić information content (AvgIpc) is 3.20. The number of hydrogen-bond acceptors (Lipinski definition) is 2. The van der Waals surface area contributed by atoms with Crippen LogP contribution in [0, 0.1) is 0 Å². The first-order valence-electron chi connectivity index (χ1n) is 14.1. The fourth-order valence-corrected chi connectivity index (χ4v) is 5.05. The van der Waals surface area contributed by atoms with Gasteiger partial charge >= 0.3 is 0 Å². The lowest BCUT2D eigenvalue weighted by atomic mass is 10.0. The van der Waals surface area contributed by atoms with E-state index >= 15 is 0 Å². The Morgan fingerprint density at radius 3 is 1.53 bits per heavy atom. The smallest absolute Gasteiger partial charge is 0.101 e. The van der Waals surface area contributed by atoms with Crippen LogP contribution in [0.25, 0.3) is 0 Å². The number of nitrogens with zero attached hydrogens (tertiary/aromatic N) is 2. The van der Waals surface area contributed by atoms with Crippen LogP contribution in [0.4, 0.5) is 0 Å². The highest BCUT2D eigenvalue weighted by atomic mass is 15.4. The Hall–Kier alpha value is -1.44. The molecule has 0 spiro atoms. The maximum absolute atomic E-state index is 2.56. The van der Waals surface area contributed by atoms with Gasteiger partial charge in [-0.15, -0.1) is 0 Å². The van der Waals surface area contributed by atoms with Crippen LogP contribution >= 0.6 is 0 Å². The molecule has 1 aromatic rings. The van der Waals surface area contributed by atoms with Crippen molar-refractivity contribution in [1.29, 1.82) is 0 Å². The summed E-state index contributed by atoms with van der Waals surface area (Å²) < 4.78 is 0. The molecule has 2 heteroatoms. The Balaban J connectivity index is 1.39. The lowest BCUT2D eigenvalue weighted by Gasteiger charge is -2.32. The summed E-state index contributed by atoms with van der Waals surface area (Å²) in [5, 5.41) is 0. The summed E-state index contributed by atoms with van der Waals surface area (Å²) in [5.41, 5.74) is 1.40. The molecule has 182 valence electrons. The third-order valence-electron chi connectivity index (χ3n) is 7.06. The molecular weight excluding hydrogens is 388 g/mol. The number of benzene rings is 1. The van der Waals surface area contributed by atoms with Gasteiger partial charge in [0, 0.05) is 25.5 Å². The van der Waals surface area contributed by atoms with Gasteiger partial charge in [0.25, 0.3) is 0 Å². The van der Waals surface area contributed by atoms with Crippen molar-refractivity contribution in [3.05, 3.63) is 48.3 Å². The largest absolute Gasteiger partial charge is 0.356 e. The molecule has 2 rings (SSSR count). The van der Waals surface area contributed by atoms with Crippen LogP contribution in [-0.4, -0.2) is 22.5 Å². The van der Waals surface area contributed by atoms with Crippen LogP contribution in [0.5, 0.6) is 0 Å². The summed E-state index contributed by atoms with van der Waals surface area (Å²) in [6.07, 6.45) is 29.3. The quantitative estimate of drug-likeness (QED) is 0.186. The second-order valence-corrected chi connectivity index (χ2v) is 9.89. The Labute approximate surface area is 200 Å². The number of hydrogen-bond donors (Lipinski definition) is 0. The van der Waals surface area contributed by atoms with Crippen LogP contribution in [-0.2, 0) is 6.54 Å². The van der Waals surface area contributed by atoms with Gasteiger partial charge in [-0.05, 0) is 18.4 Å². The second kappa shape index (κ2) is 18.0. The molecule has 2 nitrogen and oxygen atoms in total. The summed E-state index contributed by atoms with van der Waals surface area (Å²) in [7, 11) is 0. The molecule has 1 aromatic carbocycles. The molecule has 1 heterocycles. The Kier molecular flexibility index (Phi) is 15.1. The van der Waals surface area contributed by atoms with E-state index in [0.29, 0.717) is 6.17 Å². The van der Waals surface area contributed by atoms with E-state index in [4.69, 9.17) is 0 Å². The topological polar surface area (TPSA) is 6.48 Å². The molecule has 1 atom stereocenters. The van der Waals surface area contributed by atoms with Crippen molar-refractivity contribution in [2.24, 2.45) is 0 Å². The number of rotatable bonds is 20. The van der Waals surface area contributed by atoms with Gasteiger partial charge in [-0.1, -0.05) is 140 Å². The maximum atomic E-state index is 2.56. The van der Waals surface area contributed by atoms with Crippen molar-refractivity contribution in [2.75, 3.05) is 6.54 Å². The first-order chi connectivity index (χ1) is 15.8. The first-order valence-corrected chi connectivity index (χ1v) is 14.1. The molecular formula is C30H52N2. The summed E-state index contributed by atoms with van der Waals surface area (Å²) in [5.74, 6) is 0. The predicted molar refractivity (Wildman–Crippen MR) is 141 cm³/mol. The van der Waals surface area contributed by atoms with Crippen LogP contribution in [0.3, 0.4) is 0 Å². The van der Waals surface area contributed by atoms with Crippen LogP contribution in [0.1, 0.15) is 129 Å². The molecule has 0 fully saturated rings. The summed E-state index contributed by atoms with van der Waals surface area (Å²) in [6.45, 7) is 6.84. The minimum absolute atomic E-state index is 0.534. The average molecular weight is 441 g/mol. The number of unbranched alkanes of at least 4 members (excludes halogenated alkanes) is 15. The lowest BCUT2D eigenvalue weighted by Crippen LogP contribution is -2.38. The van der Waals surface area contributed by atoms with E-state index < -0.39 is 0 Å². The lowest BCUT2D eigenvalue weighted by molar-refractivity contribution is 0.140. The van der Waals surface area contributed by atoms with E-state index in [2.05, 4.69) is 66.4 Å². The molecule has 0 saturated carbocycles. The Morgan fingerprint density at radius 2 is 1.03 bits per heavy atom. The van der Waals surface area contributed by atoms with E-state index in [0.717, 1.165) is 6.54 Å². The first kappa shape index (κ1) is 26.8. The van der Waals surface area contributed by atoms with Gasteiger partial charge in [0.05, 0.1) is 0 Å². The zero-order valence-electron chi connectivity index (χ0n) is 21.4. The normalized spacial score (nSPS) is 15.8. The van der Waals surface area contributed by atoms with Gasteiger partial charge in [-0.2, -0.15) is 0 Å². The van der Waals surface area contributed by atoms with E-state index in [1.807, 2.05) is 0 Å². The van der Waals surface area contributed by atoms with Crippen molar-refractivity contribution in [1.82, 2.24) is 9.80 Å². The summed E-state index contributed by atoms with van der Waals surface area (Å²) in [4.78, 5) is 5.06. The van der Waals surface area contributed by atoms with Gasteiger partial charge in [0.1, 0.15) is 6.17 Å². The third kappa shape index (κ3) is 11.4. The Bertz CT molecular complexity index is 567. The predicted octanol–water partition coefficient (Wildman–Crippen LogP) is 9.27.